The van der Waals surface area contributed by atoms with Crippen molar-refractivity contribution in [3.8, 4) is 0 Å². The molecule has 0 fully saturated rings. The maximum Gasteiger partial charge on any atom is 0.264 e. The number of carbonyl (C=O) groups is 1. The van der Waals surface area contributed by atoms with Gasteiger partial charge in [0.1, 0.15) is 5.82 Å². The van der Waals surface area contributed by atoms with Gasteiger partial charge in [0.2, 0.25) is 0 Å². The number of sulfonamides is 1. The lowest BCUT2D eigenvalue weighted by molar-refractivity contribution is 0.0950. The van der Waals surface area contributed by atoms with Crippen molar-refractivity contribution in [1.82, 2.24) is 5.32 Å². The Kier molecular flexibility index (Phi) is 5.98. The fourth-order valence-electron chi connectivity index (χ4n) is 2.92. The number of hydrogen-bond donors (Lipinski definition) is 1. The minimum atomic E-state index is -3.85. The molecule has 3 aromatic carbocycles. The topological polar surface area (TPSA) is 66.5 Å². The van der Waals surface area contributed by atoms with Gasteiger partial charge in [-0.3, -0.25) is 9.10 Å². The van der Waals surface area contributed by atoms with Crippen molar-refractivity contribution in [2.24, 2.45) is 0 Å². The van der Waals surface area contributed by atoms with Crippen LogP contribution in [0.4, 0.5) is 10.1 Å². The summed E-state index contributed by atoms with van der Waals surface area (Å²) in [5.41, 5.74) is 1.91. The number of para-hydroxylation sites is 1. The summed E-state index contributed by atoms with van der Waals surface area (Å²) < 4.78 is 41.0. The molecule has 5 nitrogen and oxygen atoms in total. The quantitative estimate of drug-likeness (QED) is 0.668. The van der Waals surface area contributed by atoms with Crippen molar-refractivity contribution < 1.29 is 17.6 Å². The summed E-state index contributed by atoms with van der Waals surface area (Å²) in [4.78, 5) is 12.5. The second kappa shape index (κ2) is 8.45. The van der Waals surface area contributed by atoms with Crippen LogP contribution in [0.2, 0.25) is 0 Å². The SMILES string of the molecule is Cc1ccccc1N(C)S(=O)(=O)c1cccc(C(=O)NCc2ccccc2F)c1. The highest BCUT2D eigenvalue weighted by Gasteiger charge is 2.23. The molecule has 3 aromatic rings. The summed E-state index contributed by atoms with van der Waals surface area (Å²) in [6.07, 6.45) is 0. The molecule has 0 atom stereocenters. The first-order chi connectivity index (χ1) is 13.8. The lowest BCUT2D eigenvalue weighted by Gasteiger charge is -2.21. The third kappa shape index (κ3) is 4.46. The molecule has 0 heterocycles. The molecule has 0 aliphatic heterocycles. The zero-order chi connectivity index (χ0) is 21.0. The average Bonchev–Trinajstić information content (AvgIpc) is 2.73. The molecule has 0 radical (unpaired) electrons. The molecule has 29 heavy (non-hydrogen) atoms. The van der Waals surface area contributed by atoms with Gasteiger partial charge in [0.25, 0.3) is 15.9 Å². The van der Waals surface area contributed by atoms with Crippen LogP contribution in [0.3, 0.4) is 0 Å². The van der Waals surface area contributed by atoms with Crippen molar-refractivity contribution in [3.63, 3.8) is 0 Å². The summed E-state index contributed by atoms with van der Waals surface area (Å²) in [5, 5.41) is 2.62. The zero-order valence-electron chi connectivity index (χ0n) is 16.1. The number of benzene rings is 3. The number of halogens is 1. The Morgan fingerprint density at radius 2 is 1.69 bits per heavy atom. The number of nitrogens with zero attached hydrogens (tertiary/aromatic N) is 1. The van der Waals surface area contributed by atoms with Crippen LogP contribution >= 0.6 is 0 Å². The van der Waals surface area contributed by atoms with Crippen LogP contribution in [0.5, 0.6) is 0 Å². The van der Waals surface area contributed by atoms with Crippen molar-refractivity contribution in [3.05, 3.63) is 95.3 Å². The predicted octanol–water partition coefficient (Wildman–Crippen LogP) is 3.89. The zero-order valence-corrected chi connectivity index (χ0v) is 16.9. The van der Waals surface area contributed by atoms with Crippen molar-refractivity contribution in [1.29, 1.82) is 0 Å². The van der Waals surface area contributed by atoms with E-state index < -0.39 is 21.7 Å². The lowest BCUT2D eigenvalue weighted by Crippen LogP contribution is -2.28. The van der Waals surface area contributed by atoms with Crippen LogP contribution < -0.4 is 9.62 Å². The Bertz CT molecular complexity index is 1150. The Balaban J connectivity index is 1.82. The number of anilines is 1. The first kappa shape index (κ1) is 20.5. The van der Waals surface area contributed by atoms with Gasteiger partial charge >= 0.3 is 0 Å². The molecule has 0 spiro atoms. The Morgan fingerprint density at radius 1 is 1.00 bits per heavy atom. The normalized spacial score (nSPS) is 11.1. The van der Waals surface area contributed by atoms with Crippen LogP contribution in [0.25, 0.3) is 0 Å². The van der Waals surface area contributed by atoms with Gasteiger partial charge in [0.05, 0.1) is 10.6 Å². The minimum Gasteiger partial charge on any atom is -0.348 e. The first-order valence-electron chi connectivity index (χ1n) is 8.97. The van der Waals surface area contributed by atoms with Gasteiger partial charge in [0.15, 0.2) is 0 Å². The summed E-state index contributed by atoms with van der Waals surface area (Å²) in [6, 6.07) is 19.1. The molecular weight excluding hydrogens is 391 g/mol. The van der Waals surface area contributed by atoms with Gasteiger partial charge in [-0.2, -0.15) is 0 Å². The van der Waals surface area contributed by atoms with Gasteiger partial charge in [-0.05, 0) is 42.8 Å². The second-order valence-corrected chi connectivity index (χ2v) is 8.53. The second-order valence-electron chi connectivity index (χ2n) is 6.56. The number of carbonyl (C=O) groups excluding carboxylic acids is 1. The molecule has 3 rings (SSSR count). The summed E-state index contributed by atoms with van der Waals surface area (Å²) in [5.74, 6) is -0.896. The average molecular weight is 412 g/mol. The van der Waals surface area contributed by atoms with Crippen LogP contribution in [-0.2, 0) is 16.6 Å². The maximum absolute atomic E-state index is 13.7. The van der Waals surface area contributed by atoms with E-state index in [9.17, 15) is 17.6 Å². The summed E-state index contributed by atoms with van der Waals surface area (Å²) >= 11 is 0. The molecule has 0 aliphatic rings. The van der Waals surface area contributed by atoms with Crippen molar-refractivity contribution in [2.45, 2.75) is 18.4 Å². The minimum absolute atomic E-state index is 0.00166. The van der Waals surface area contributed by atoms with E-state index in [2.05, 4.69) is 5.32 Å². The maximum atomic E-state index is 13.7. The van der Waals surface area contributed by atoms with E-state index in [-0.39, 0.29) is 17.0 Å². The van der Waals surface area contributed by atoms with Crippen LogP contribution in [-0.4, -0.2) is 21.4 Å². The van der Waals surface area contributed by atoms with E-state index in [0.717, 1.165) is 5.56 Å². The molecule has 1 amide bonds. The van der Waals surface area contributed by atoms with E-state index in [1.807, 2.05) is 19.1 Å². The van der Waals surface area contributed by atoms with Gasteiger partial charge in [-0.15, -0.1) is 0 Å². The third-order valence-corrected chi connectivity index (χ3v) is 6.37. The molecule has 0 saturated heterocycles. The number of amides is 1. The van der Waals surface area contributed by atoms with Crippen LogP contribution in [0.1, 0.15) is 21.5 Å². The Hall–Kier alpha value is -3.19. The Morgan fingerprint density at radius 3 is 2.41 bits per heavy atom. The molecule has 0 aliphatic carbocycles. The van der Waals surface area contributed by atoms with E-state index in [0.29, 0.717) is 11.3 Å². The lowest BCUT2D eigenvalue weighted by atomic mass is 10.2. The number of nitrogens with one attached hydrogen (secondary N) is 1. The number of rotatable bonds is 6. The highest BCUT2D eigenvalue weighted by molar-refractivity contribution is 7.92. The smallest absolute Gasteiger partial charge is 0.264 e. The van der Waals surface area contributed by atoms with Gasteiger partial charge in [-0.1, -0.05) is 42.5 Å². The molecule has 0 unspecified atom stereocenters. The predicted molar refractivity (Wildman–Crippen MR) is 111 cm³/mol. The van der Waals surface area contributed by atoms with Gasteiger partial charge in [0, 0.05) is 24.7 Å². The Labute approximate surface area is 169 Å². The molecule has 0 saturated carbocycles. The van der Waals surface area contributed by atoms with Crippen molar-refractivity contribution in [2.75, 3.05) is 11.4 Å². The highest BCUT2D eigenvalue weighted by Crippen LogP contribution is 2.25. The summed E-state index contributed by atoms with van der Waals surface area (Å²) in [6.45, 7) is 1.83. The molecule has 1 N–H and O–H groups in total. The molecule has 0 bridgehead atoms. The van der Waals surface area contributed by atoms with Gasteiger partial charge in [-0.25, -0.2) is 12.8 Å². The van der Waals surface area contributed by atoms with Gasteiger partial charge < -0.3 is 5.32 Å². The van der Waals surface area contributed by atoms with Crippen LogP contribution in [0, 0.1) is 12.7 Å². The van der Waals surface area contributed by atoms with E-state index in [1.54, 1.807) is 30.3 Å². The first-order valence-corrected chi connectivity index (χ1v) is 10.4. The number of aryl methyl sites for hydroxylation is 1. The molecule has 0 aromatic heterocycles. The van der Waals surface area contributed by atoms with E-state index in [1.165, 1.54) is 41.7 Å². The number of hydrogen-bond acceptors (Lipinski definition) is 3. The summed E-state index contributed by atoms with van der Waals surface area (Å²) in [7, 11) is -2.38. The van der Waals surface area contributed by atoms with E-state index in [4.69, 9.17) is 0 Å². The molecular formula is C22H21FN2O3S. The molecule has 150 valence electrons. The highest BCUT2D eigenvalue weighted by atomic mass is 32.2. The van der Waals surface area contributed by atoms with Crippen molar-refractivity contribution >= 4 is 21.6 Å². The standard InChI is InChI=1S/C22H21FN2O3S/c1-16-8-3-6-13-21(16)25(2)29(27,28)19-11-7-10-17(14-19)22(26)24-15-18-9-4-5-12-20(18)23/h3-14H,15H2,1-2H3,(H,24,26). The van der Waals surface area contributed by atoms with Crippen LogP contribution in [0.15, 0.2) is 77.7 Å². The monoisotopic (exact) mass is 412 g/mol. The fraction of sp³-hybridized carbons (Fsp3) is 0.136. The fourth-order valence-corrected chi connectivity index (χ4v) is 4.23. The largest absolute Gasteiger partial charge is 0.348 e. The van der Waals surface area contributed by atoms with E-state index >= 15 is 0 Å². The third-order valence-electron chi connectivity index (χ3n) is 4.61. The molecule has 7 heteroatoms.